The molecule has 0 saturated carbocycles. The van der Waals surface area contributed by atoms with Crippen LogP contribution in [0.1, 0.15) is 34.0 Å². The van der Waals surface area contributed by atoms with E-state index in [1.807, 2.05) is 12.1 Å². The smallest absolute Gasteiger partial charge is 0.251 e. The highest BCUT2D eigenvalue weighted by atomic mass is 19.3. The minimum atomic E-state index is -2.38. The maximum Gasteiger partial charge on any atom is 0.251 e. The number of aliphatic hydroxyl groups excluding tert-OH is 2. The van der Waals surface area contributed by atoms with Crippen molar-refractivity contribution in [2.75, 3.05) is 13.2 Å². The number of carbonyl (C=O) groups excluding carboxylic acids is 2. The second-order valence-corrected chi connectivity index (χ2v) is 6.86. The largest absolute Gasteiger partial charge is 0.391 e. The lowest BCUT2D eigenvalue weighted by atomic mass is 10.1. The molecule has 0 aromatic heterocycles. The zero-order valence-electron chi connectivity index (χ0n) is 16.9. The summed E-state index contributed by atoms with van der Waals surface area (Å²) in [7, 11) is 0. The van der Waals surface area contributed by atoms with Gasteiger partial charge in [-0.2, -0.15) is 0 Å². The van der Waals surface area contributed by atoms with Crippen LogP contribution in [-0.2, 0) is 11.3 Å². The van der Waals surface area contributed by atoms with Crippen LogP contribution in [0, 0.1) is 11.8 Å². The number of halogens is 2. The first-order valence-corrected chi connectivity index (χ1v) is 9.62. The van der Waals surface area contributed by atoms with Crippen LogP contribution in [0.25, 0.3) is 0 Å². The van der Waals surface area contributed by atoms with E-state index < -0.39 is 36.9 Å². The van der Waals surface area contributed by atoms with Crippen LogP contribution in [0.3, 0.4) is 0 Å². The molecule has 4 N–H and O–H groups in total. The number of Topliss-reactive ketones (excluding diaryl/α,β-unsaturated/α-hetero) is 1. The van der Waals surface area contributed by atoms with Gasteiger partial charge in [0.2, 0.25) is 0 Å². The molecule has 0 bridgehead atoms. The third kappa shape index (κ3) is 7.90. The molecule has 0 saturated heterocycles. The highest BCUT2D eigenvalue weighted by molar-refractivity contribution is 5.98. The molecule has 164 valence electrons. The maximum absolute atomic E-state index is 12.3. The van der Waals surface area contributed by atoms with Gasteiger partial charge in [-0.15, -0.1) is 0 Å². The van der Waals surface area contributed by atoms with Crippen molar-refractivity contribution in [2.24, 2.45) is 0 Å². The summed E-state index contributed by atoms with van der Waals surface area (Å²) in [5, 5.41) is 23.6. The van der Waals surface area contributed by atoms with Crippen molar-refractivity contribution in [3.8, 4) is 11.8 Å². The lowest BCUT2D eigenvalue weighted by molar-refractivity contribution is -0.125. The van der Waals surface area contributed by atoms with E-state index in [0.717, 1.165) is 11.1 Å². The number of ketones is 1. The van der Waals surface area contributed by atoms with Gasteiger partial charge in [-0.25, -0.2) is 8.78 Å². The second kappa shape index (κ2) is 11.9. The number of aliphatic hydroxyl groups is 2. The molecule has 0 aliphatic rings. The number of rotatable bonds is 9. The lowest BCUT2D eigenvalue weighted by Gasteiger charge is -2.19. The van der Waals surface area contributed by atoms with Crippen LogP contribution in [0.15, 0.2) is 48.5 Å². The van der Waals surface area contributed by atoms with Crippen LogP contribution < -0.4 is 10.6 Å². The molecule has 0 aliphatic heterocycles. The Morgan fingerprint density at radius 3 is 2.03 bits per heavy atom. The highest BCUT2D eigenvalue weighted by Gasteiger charge is 2.25. The average Bonchev–Trinajstić information content (AvgIpc) is 2.76. The van der Waals surface area contributed by atoms with Gasteiger partial charge in [-0.1, -0.05) is 24.0 Å². The minimum absolute atomic E-state index is 0.280. The molecule has 2 aromatic rings. The zero-order valence-corrected chi connectivity index (χ0v) is 16.9. The molecule has 0 radical (unpaired) electrons. The summed E-state index contributed by atoms with van der Waals surface area (Å²) in [6, 6.07) is 12.4. The predicted octanol–water partition coefficient (Wildman–Crippen LogP) is 1.48. The van der Waals surface area contributed by atoms with Crippen LogP contribution in [0.4, 0.5) is 8.78 Å². The average molecular weight is 430 g/mol. The predicted molar refractivity (Wildman–Crippen MR) is 112 cm³/mol. The van der Waals surface area contributed by atoms with Gasteiger partial charge in [0.05, 0.1) is 12.6 Å². The molecule has 0 unspecified atom stereocenters. The van der Waals surface area contributed by atoms with E-state index in [9.17, 15) is 23.5 Å². The molecule has 6 nitrogen and oxygen atoms in total. The Hall–Kier alpha value is -3.12. The number of hydrogen-bond acceptors (Lipinski definition) is 5. The first kappa shape index (κ1) is 24.2. The molecule has 0 fully saturated rings. The molecule has 1 amide bonds. The van der Waals surface area contributed by atoms with Gasteiger partial charge in [-0.05, 0) is 48.9 Å². The van der Waals surface area contributed by atoms with Crippen molar-refractivity contribution >= 4 is 11.7 Å². The van der Waals surface area contributed by atoms with Crippen molar-refractivity contribution in [3.05, 3.63) is 70.8 Å². The Labute approximate surface area is 179 Å². The Morgan fingerprint density at radius 1 is 1.00 bits per heavy atom. The third-order valence-corrected chi connectivity index (χ3v) is 4.35. The van der Waals surface area contributed by atoms with Crippen LogP contribution in [-0.4, -0.2) is 53.6 Å². The van der Waals surface area contributed by atoms with Crippen LogP contribution in [0.5, 0.6) is 0 Å². The summed E-state index contributed by atoms with van der Waals surface area (Å²) in [6.45, 7) is 0.565. The van der Waals surface area contributed by atoms with E-state index in [4.69, 9.17) is 5.11 Å². The molecule has 31 heavy (non-hydrogen) atoms. The Bertz CT molecular complexity index is 933. The standard InChI is InChI=1S/C23H24F2N2O4/c1-15(29)22(20(30)14-28)27-23(31)19-10-8-17(9-11-19)3-2-16-4-6-18(7-5-16)12-26-13-21(24)25/h4-11,15,21-22,26,28-29H,12-14H2,1H3,(H,27,31)/t15-,22+/m1/s1. The van der Waals surface area contributed by atoms with Gasteiger partial charge < -0.3 is 20.8 Å². The summed E-state index contributed by atoms with van der Waals surface area (Å²) < 4.78 is 24.3. The lowest BCUT2D eigenvalue weighted by Crippen LogP contribution is -2.48. The molecular formula is C23H24F2N2O4. The topological polar surface area (TPSA) is 98.7 Å². The van der Waals surface area contributed by atoms with E-state index in [-0.39, 0.29) is 12.1 Å². The van der Waals surface area contributed by atoms with E-state index >= 15 is 0 Å². The number of benzene rings is 2. The van der Waals surface area contributed by atoms with Crippen LogP contribution in [0.2, 0.25) is 0 Å². The van der Waals surface area contributed by atoms with Gasteiger partial charge in [0, 0.05) is 23.2 Å². The highest BCUT2D eigenvalue weighted by Crippen LogP contribution is 2.07. The fraction of sp³-hybridized carbons (Fsp3) is 0.304. The number of nitrogens with one attached hydrogen (secondary N) is 2. The number of alkyl halides is 2. The summed E-state index contributed by atoms with van der Waals surface area (Å²) >= 11 is 0. The molecule has 0 aliphatic carbocycles. The van der Waals surface area contributed by atoms with Gasteiger partial charge in [0.15, 0.2) is 5.78 Å². The number of amides is 1. The number of carbonyl (C=O) groups is 2. The molecule has 2 atom stereocenters. The normalized spacial score (nSPS) is 12.6. The summed E-state index contributed by atoms with van der Waals surface area (Å²) in [5.74, 6) is 4.72. The van der Waals surface area contributed by atoms with Gasteiger partial charge in [0.1, 0.15) is 12.6 Å². The third-order valence-electron chi connectivity index (χ3n) is 4.35. The van der Waals surface area contributed by atoms with Crippen molar-refractivity contribution in [1.29, 1.82) is 0 Å². The Balaban J connectivity index is 1.97. The van der Waals surface area contributed by atoms with Gasteiger partial charge in [-0.3, -0.25) is 9.59 Å². The Morgan fingerprint density at radius 2 is 1.55 bits per heavy atom. The van der Waals surface area contributed by atoms with Crippen molar-refractivity contribution < 1.29 is 28.6 Å². The summed E-state index contributed by atoms with van der Waals surface area (Å²) in [5.41, 5.74) is 2.57. The van der Waals surface area contributed by atoms with E-state index in [0.29, 0.717) is 12.1 Å². The maximum atomic E-state index is 12.3. The monoisotopic (exact) mass is 430 g/mol. The molecule has 0 heterocycles. The SMILES string of the molecule is C[C@@H](O)[C@H](NC(=O)c1ccc(C#Cc2ccc(CNCC(F)F)cc2)cc1)C(=O)CO. The molecule has 0 spiro atoms. The van der Waals surface area contributed by atoms with Gasteiger partial charge >= 0.3 is 0 Å². The quantitative estimate of drug-likeness (QED) is 0.452. The second-order valence-electron chi connectivity index (χ2n) is 6.86. The molecule has 8 heteroatoms. The minimum Gasteiger partial charge on any atom is -0.391 e. The van der Waals surface area contributed by atoms with Crippen molar-refractivity contribution in [3.63, 3.8) is 0 Å². The number of hydrogen-bond donors (Lipinski definition) is 4. The fourth-order valence-electron chi connectivity index (χ4n) is 2.67. The van der Waals surface area contributed by atoms with Crippen LogP contribution >= 0.6 is 0 Å². The van der Waals surface area contributed by atoms with Crippen molar-refractivity contribution in [1.82, 2.24) is 10.6 Å². The van der Waals surface area contributed by atoms with Gasteiger partial charge in [0.25, 0.3) is 12.3 Å². The fourth-order valence-corrected chi connectivity index (χ4v) is 2.67. The summed E-state index contributed by atoms with van der Waals surface area (Å²) in [4.78, 5) is 23.9. The van der Waals surface area contributed by atoms with E-state index in [1.165, 1.54) is 6.92 Å². The zero-order chi connectivity index (χ0) is 22.8. The first-order valence-electron chi connectivity index (χ1n) is 9.62. The van der Waals surface area contributed by atoms with E-state index in [1.54, 1.807) is 36.4 Å². The molecule has 2 rings (SSSR count). The first-order chi connectivity index (χ1) is 14.8. The molecular weight excluding hydrogens is 406 g/mol. The van der Waals surface area contributed by atoms with E-state index in [2.05, 4.69) is 22.5 Å². The van der Waals surface area contributed by atoms with Crippen molar-refractivity contribution in [2.45, 2.75) is 32.0 Å². The summed E-state index contributed by atoms with van der Waals surface area (Å²) in [6.07, 6.45) is -3.52. The molecule has 2 aromatic carbocycles. The Kier molecular flexibility index (Phi) is 9.28.